The molecule has 0 N–H and O–H groups in total. The van der Waals surface area contributed by atoms with Crippen LogP contribution in [0.2, 0.25) is 25.7 Å². The number of benzene rings is 1. The van der Waals surface area contributed by atoms with Gasteiger partial charge in [0.25, 0.3) is 0 Å². The number of aryl methyl sites for hydroxylation is 1. The van der Waals surface area contributed by atoms with Gasteiger partial charge in [0.05, 0.1) is 23.9 Å². The fourth-order valence-corrected chi connectivity index (χ4v) is 3.52. The number of ether oxygens (including phenoxy) is 1. The molecule has 1 aromatic heterocycles. The number of hydrogen-bond donors (Lipinski definition) is 0. The van der Waals surface area contributed by atoms with Gasteiger partial charge >= 0.3 is 6.18 Å². The summed E-state index contributed by atoms with van der Waals surface area (Å²) in [6.45, 7) is 7.70. The maximum absolute atomic E-state index is 13.9. The monoisotopic (exact) mass is 458 g/mol. The van der Waals surface area contributed by atoms with Crippen molar-refractivity contribution in [1.82, 2.24) is 9.55 Å². The minimum absolute atomic E-state index is 0.0224. The highest BCUT2D eigenvalue weighted by molar-refractivity contribution is 6.76. The van der Waals surface area contributed by atoms with E-state index in [9.17, 15) is 27.2 Å². The Labute approximate surface area is 179 Å². The van der Waals surface area contributed by atoms with Crippen molar-refractivity contribution >= 4 is 19.6 Å². The SMILES string of the molecule is C[Si](C)(C)CCOCn1cncc1CCC(=O)CC(=O)c1ccc(C(F)(F)F)cc1F. The molecule has 10 heteroatoms. The Morgan fingerprint density at radius 2 is 1.90 bits per heavy atom. The summed E-state index contributed by atoms with van der Waals surface area (Å²) in [5.74, 6) is -2.57. The van der Waals surface area contributed by atoms with Gasteiger partial charge in [0.15, 0.2) is 5.78 Å². The molecule has 1 aromatic carbocycles. The number of hydrogen-bond acceptors (Lipinski definition) is 4. The van der Waals surface area contributed by atoms with Crippen LogP contribution in [-0.4, -0.2) is 35.8 Å². The van der Waals surface area contributed by atoms with E-state index in [2.05, 4.69) is 24.6 Å². The van der Waals surface area contributed by atoms with E-state index in [1.807, 2.05) is 0 Å². The van der Waals surface area contributed by atoms with Gasteiger partial charge in [0.1, 0.15) is 18.3 Å². The molecule has 0 amide bonds. The molecule has 5 nitrogen and oxygen atoms in total. The molecule has 0 aliphatic carbocycles. The average molecular weight is 459 g/mol. The Morgan fingerprint density at radius 1 is 1.19 bits per heavy atom. The number of alkyl halides is 3. The third-order valence-electron chi connectivity index (χ3n) is 4.64. The molecule has 170 valence electrons. The largest absolute Gasteiger partial charge is 0.416 e. The summed E-state index contributed by atoms with van der Waals surface area (Å²) >= 11 is 0. The minimum Gasteiger partial charge on any atom is -0.361 e. The van der Waals surface area contributed by atoms with Crippen LogP contribution in [-0.2, 0) is 28.9 Å². The lowest BCUT2D eigenvalue weighted by atomic mass is 10.0. The lowest BCUT2D eigenvalue weighted by Gasteiger charge is -2.16. The van der Waals surface area contributed by atoms with Crippen molar-refractivity contribution in [1.29, 1.82) is 0 Å². The van der Waals surface area contributed by atoms with Crippen LogP contribution < -0.4 is 0 Å². The normalized spacial score (nSPS) is 12.2. The number of aromatic nitrogens is 2. The fraction of sp³-hybridized carbons (Fsp3) is 0.476. The molecular formula is C21H26F4N2O3Si. The Hall–Kier alpha value is -2.33. The van der Waals surface area contributed by atoms with E-state index in [-0.39, 0.29) is 12.5 Å². The summed E-state index contributed by atoms with van der Waals surface area (Å²) in [6.07, 6.45) is -1.75. The van der Waals surface area contributed by atoms with Crippen LogP contribution in [0.25, 0.3) is 0 Å². The van der Waals surface area contributed by atoms with E-state index in [0.29, 0.717) is 25.8 Å². The van der Waals surface area contributed by atoms with Crippen molar-refractivity contribution in [2.24, 2.45) is 0 Å². The number of Topliss-reactive ketones (excluding diaryl/α,β-unsaturated/α-hetero) is 2. The van der Waals surface area contributed by atoms with E-state index in [1.54, 1.807) is 17.1 Å². The number of imidazole rings is 1. The van der Waals surface area contributed by atoms with Gasteiger partial charge in [-0.1, -0.05) is 19.6 Å². The molecular weight excluding hydrogens is 432 g/mol. The first-order valence-corrected chi connectivity index (χ1v) is 13.6. The molecule has 0 bridgehead atoms. The first-order valence-electron chi connectivity index (χ1n) is 9.85. The highest BCUT2D eigenvalue weighted by Gasteiger charge is 2.31. The van der Waals surface area contributed by atoms with E-state index >= 15 is 0 Å². The molecule has 0 fully saturated rings. The molecule has 2 rings (SSSR count). The molecule has 1 heterocycles. The van der Waals surface area contributed by atoms with E-state index < -0.39 is 49.2 Å². The predicted octanol–water partition coefficient (Wildman–Crippen LogP) is 5.13. The van der Waals surface area contributed by atoms with Crippen molar-refractivity contribution in [2.75, 3.05) is 6.61 Å². The Balaban J connectivity index is 1.86. The van der Waals surface area contributed by atoms with Gasteiger partial charge in [-0.05, 0) is 30.7 Å². The van der Waals surface area contributed by atoms with Gasteiger partial charge in [0.2, 0.25) is 0 Å². The summed E-state index contributed by atoms with van der Waals surface area (Å²) in [7, 11) is -1.19. The molecule has 0 radical (unpaired) electrons. The summed E-state index contributed by atoms with van der Waals surface area (Å²) in [5, 5.41) is 0. The second-order valence-corrected chi connectivity index (χ2v) is 14.2. The van der Waals surface area contributed by atoms with Gasteiger partial charge in [-0.2, -0.15) is 13.2 Å². The number of carbonyl (C=O) groups is 2. The number of ketones is 2. The lowest BCUT2D eigenvalue weighted by molar-refractivity contribution is -0.137. The molecule has 0 atom stereocenters. The predicted molar refractivity (Wildman–Crippen MR) is 110 cm³/mol. The third kappa shape index (κ3) is 8.02. The lowest BCUT2D eigenvalue weighted by Crippen LogP contribution is -2.22. The van der Waals surface area contributed by atoms with Crippen LogP contribution in [0.15, 0.2) is 30.7 Å². The quantitative estimate of drug-likeness (QED) is 0.154. The van der Waals surface area contributed by atoms with Crippen molar-refractivity contribution in [3.63, 3.8) is 0 Å². The Bertz CT molecular complexity index is 920. The van der Waals surface area contributed by atoms with Gasteiger partial charge in [-0.25, -0.2) is 9.37 Å². The van der Waals surface area contributed by atoms with Crippen LogP contribution in [0.3, 0.4) is 0 Å². The summed E-state index contributed by atoms with van der Waals surface area (Å²) < 4.78 is 59.2. The standard InChI is InChI=1S/C21H26F4N2O3Si/c1-31(2,3)9-8-30-14-27-13-26-12-16(27)5-6-17(28)11-20(29)18-7-4-15(10-19(18)22)21(23,24)25/h4,7,10,12-13H,5-6,8-9,11,14H2,1-3H3. The van der Waals surface area contributed by atoms with Gasteiger partial charge in [0, 0.05) is 33.0 Å². The number of carbonyl (C=O) groups excluding carboxylic acids is 2. The molecule has 2 aromatic rings. The summed E-state index contributed by atoms with van der Waals surface area (Å²) in [6, 6.07) is 2.68. The smallest absolute Gasteiger partial charge is 0.361 e. The molecule has 0 spiro atoms. The van der Waals surface area contributed by atoms with Crippen LogP contribution in [0.5, 0.6) is 0 Å². The maximum Gasteiger partial charge on any atom is 0.416 e. The topological polar surface area (TPSA) is 61.2 Å². The van der Waals surface area contributed by atoms with Gasteiger partial charge in [-0.15, -0.1) is 0 Å². The van der Waals surface area contributed by atoms with Crippen molar-refractivity contribution in [3.8, 4) is 0 Å². The van der Waals surface area contributed by atoms with E-state index in [4.69, 9.17) is 4.74 Å². The molecule has 0 saturated carbocycles. The molecule has 0 unspecified atom stereocenters. The summed E-state index contributed by atoms with van der Waals surface area (Å²) in [5.41, 5.74) is -0.954. The average Bonchev–Trinajstić information content (AvgIpc) is 3.09. The first-order chi connectivity index (χ1) is 14.4. The van der Waals surface area contributed by atoms with Gasteiger partial charge < -0.3 is 9.30 Å². The van der Waals surface area contributed by atoms with Crippen LogP contribution in [0.4, 0.5) is 17.6 Å². The molecule has 0 aliphatic rings. The van der Waals surface area contributed by atoms with Crippen molar-refractivity contribution in [3.05, 3.63) is 53.4 Å². The first kappa shape index (κ1) is 24.9. The molecule has 31 heavy (non-hydrogen) atoms. The number of rotatable bonds is 11. The summed E-state index contributed by atoms with van der Waals surface area (Å²) in [4.78, 5) is 28.4. The highest BCUT2D eigenvalue weighted by atomic mass is 28.3. The van der Waals surface area contributed by atoms with Crippen LogP contribution >= 0.6 is 0 Å². The van der Waals surface area contributed by atoms with Crippen LogP contribution in [0, 0.1) is 5.82 Å². The van der Waals surface area contributed by atoms with Gasteiger partial charge in [-0.3, -0.25) is 9.59 Å². The minimum atomic E-state index is -4.71. The number of nitrogens with zero attached hydrogens (tertiary/aromatic N) is 2. The maximum atomic E-state index is 13.9. The second-order valence-electron chi connectivity index (χ2n) is 8.53. The Kier molecular flexibility index (Phi) is 8.30. The zero-order valence-corrected chi connectivity index (χ0v) is 18.8. The zero-order valence-electron chi connectivity index (χ0n) is 17.8. The van der Waals surface area contributed by atoms with Crippen molar-refractivity contribution < 1.29 is 31.9 Å². The van der Waals surface area contributed by atoms with Crippen LogP contribution in [0.1, 0.15) is 34.5 Å². The number of halogens is 4. The third-order valence-corrected chi connectivity index (χ3v) is 6.34. The fourth-order valence-electron chi connectivity index (χ4n) is 2.76. The highest BCUT2D eigenvalue weighted by Crippen LogP contribution is 2.30. The molecule has 0 saturated heterocycles. The second kappa shape index (κ2) is 10.3. The molecule has 0 aliphatic heterocycles. The Morgan fingerprint density at radius 3 is 2.52 bits per heavy atom. The zero-order chi connectivity index (χ0) is 23.2. The van der Waals surface area contributed by atoms with E-state index in [0.717, 1.165) is 17.8 Å². The van der Waals surface area contributed by atoms with Crippen molar-refractivity contribution in [2.45, 2.75) is 57.9 Å². The van der Waals surface area contributed by atoms with E-state index in [1.165, 1.54) is 0 Å².